The second kappa shape index (κ2) is 12.8. The maximum absolute atomic E-state index is 5.58. The minimum Gasteiger partial charge on any atom is -0.345 e. The molecule has 60 heavy (non-hydrogen) atoms. The lowest BCUT2D eigenvalue weighted by Gasteiger charge is -2.29. The first kappa shape index (κ1) is 33.1. The molecular weight excluding hydrogens is 729 g/mol. The maximum Gasteiger partial charge on any atom is 0.209 e. The normalized spacial score (nSPS) is 15.2. The summed E-state index contributed by atoms with van der Waals surface area (Å²) in [5.41, 5.74) is 11.4. The van der Waals surface area contributed by atoms with Gasteiger partial charge in [0.25, 0.3) is 0 Å². The van der Waals surface area contributed by atoms with Crippen LogP contribution in [0, 0.1) is 0 Å². The molecule has 4 heteroatoms. The van der Waals surface area contributed by atoms with E-state index in [-0.39, 0.29) is 6.04 Å². The van der Waals surface area contributed by atoms with E-state index >= 15 is 0 Å². The SMILES string of the molecule is C1=CC2=C(c3ccccc3)N=C(n3c4ccc(-c5cccc6c7ccccc7n(-c7ccccc7)c56)cc4c4c5c6ccccc6ccc5c5ccccc5c43)NC2C=C1. The second-order valence-electron chi connectivity index (χ2n) is 15.9. The van der Waals surface area contributed by atoms with Gasteiger partial charge in [0.2, 0.25) is 5.96 Å². The Morgan fingerprint density at radius 2 is 1.15 bits per heavy atom. The molecule has 0 bridgehead atoms. The van der Waals surface area contributed by atoms with Gasteiger partial charge in [0.05, 0.1) is 33.8 Å². The highest BCUT2D eigenvalue weighted by Gasteiger charge is 2.29. The first-order valence-electron chi connectivity index (χ1n) is 20.7. The van der Waals surface area contributed by atoms with Crippen LogP contribution in [-0.4, -0.2) is 21.1 Å². The third-order valence-corrected chi connectivity index (χ3v) is 12.7. The second-order valence-corrected chi connectivity index (χ2v) is 15.9. The summed E-state index contributed by atoms with van der Waals surface area (Å²) in [5, 5.41) is 16.2. The van der Waals surface area contributed by atoms with E-state index in [1.807, 2.05) is 0 Å². The molecule has 280 valence electrons. The van der Waals surface area contributed by atoms with Gasteiger partial charge >= 0.3 is 0 Å². The Bertz CT molecular complexity index is 3730. The molecule has 1 N–H and O–H groups in total. The van der Waals surface area contributed by atoms with Crippen LogP contribution in [0.4, 0.5) is 0 Å². The quantitative estimate of drug-likeness (QED) is 0.179. The molecule has 0 radical (unpaired) electrons. The minimum absolute atomic E-state index is 0.0328. The third-order valence-electron chi connectivity index (χ3n) is 12.7. The summed E-state index contributed by atoms with van der Waals surface area (Å²) in [7, 11) is 0. The number of allylic oxidation sites excluding steroid dienone is 2. The smallest absolute Gasteiger partial charge is 0.209 e. The van der Waals surface area contributed by atoms with Gasteiger partial charge in [0.1, 0.15) is 0 Å². The summed E-state index contributed by atoms with van der Waals surface area (Å²) >= 11 is 0. The van der Waals surface area contributed by atoms with Crippen molar-refractivity contribution in [3.63, 3.8) is 0 Å². The van der Waals surface area contributed by atoms with E-state index in [2.05, 4.69) is 221 Å². The molecule has 1 aliphatic carbocycles. The Kier molecular flexibility index (Phi) is 7.04. The number of benzene rings is 9. The van der Waals surface area contributed by atoms with Crippen molar-refractivity contribution in [3.8, 4) is 16.8 Å². The molecule has 2 aromatic heterocycles. The zero-order valence-electron chi connectivity index (χ0n) is 32.5. The van der Waals surface area contributed by atoms with Crippen molar-refractivity contribution in [2.24, 2.45) is 4.99 Å². The number of aromatic nitrogens is 2. The van der Waals surface area contributed by atoms with Crippen LogP contribution in [0.3, 0.4) is 0 Å². The molecule has 0 fully saturated rings. The van der Waals surface area contributed by atoms with E-state index in [0.717, 1.165) is 33.9 Å². The number of nitrogens with one attached hydrogen (secondary N) is 1. The first-order valence-corrected chi connectivity index (χ1v) is 20.7. The van der Waals surface area contributed by atoms with Crippen molar-refractivity contribution in [2.45, 2.75) is 6.04 Å². The molecule has 13 rings (SSSR count). The fourth-order valence-corrected chi connectivity index (χ4v) is 10.2. The van der Waals surface area contributed by atoms with Crippen LogP contribution in [0.2, 0.25) is 0 Å². The number of hydrogen-bond acceptors (Lipinski definition) is 2. The molecule has 9 aromatic carbocycles. The fourth-order valence-electron chi connectivity index (χ4n) is 10.2. The summed E-state index contributed by atoms with van der Waals surface area (Å²) in [6.07, 6.45) is 8.69. The van der Waals surface area contributed by atoms with Gasteiger partial charge < -0.3 is 9.88 Å². The van der Waals surface area contributed by atoms with Gasteiger partial charge in [-0.2, -0.15) is 0 Å². The predicted molar refractivity (Wildman–Crippen MR) is 253 cm³/mol. The number of nitrogens with zero attached hydrogens (tertiary/aromatic N) is 3. The molecule has 4 nitrogen and oxygen atoms in total. The molecule has 2 aliphatic rings. The minimum atomic E-state index is -0.0328. The Morgan fingerprint density at radius 3 is 2.02 bits per heavy atom. The van der Waals surface area contributed by atoms with Gasteiger partial charge in [0.15, 0.2) is 0 Å². The predicted octanol–water partition coefficient (Wildman–Crippen LogP) is 13.7. The number of aliphatic imine (C=N–C) groups is 1. The van der Waals surface area contributed by atoms with Gasteiger partial charge in [-0.15, -0.1) is 0 Å². The van der Waals surface area contributed by atoms with Crippen LogP contribution in [-0.2, 0) is 0 Å². The summed E-state index contributed by atoms with van der Waals surface area (Å²) in [4.78, 5) is 5.58. The van der Waals surface area contributed by atoms with Crippen LogP contribution in [0.1, 0.15) is 5.56 Å². The van der Waals surface area contributed by atoms with Crippen molar-refractivity contribution in [2.75, 3.05) is 0 Å². The van der Waals surface area contributed by atoms with Crippen LogP contribution in [0.15, 0.2) is 217 Å². The van der Waals surface area contributed by atoms with Gasteiger partial charge in [-0.05, 0) is 57.4 Å². The summed E-state index contributed by atoms with van der Waals surface area (Å²) < 4.78 is 4.84. The topological polar surface area (TPSA) is 34.2 Å². The van der Waals surface area contributed by atoms with Crippen LogP contribution in [0.25, 0.3) is 98.4 Å². The molecule has 11 aromatic rings. The molecule has 0 spiro atoms. The Labute approximate surface area is 345 Å². The van der Waals surface area contributed by atoms with E-state index in [1.54, 1.807) is 0 Å². The highest BCUT2D eigenvalue weighted by molar-refractivity contribution is 6.38. The van der Waals surface area contributed by atoms with E-state index in [9.17, 15) is 0 Å². The molecule has 1 atom stereocenters. The largest absolute Gasteiger partial charge is 0.345 e. The fraction of sp³-hybridized carbons (Fsp3) is 0.0179. The zero-order valence-corrected chi connectivity index (χ0v) is 32.5. The van der Waals surface area contributed by atoms with E-state index < -0.39 is 0 Å². The van der Waals surface area contributed by atoms with Crippen LogP contribution < -0.4 is 5.32 Å². The van der Waals surface area contributed by atoms with Crippen molar-refractivity contribution in [3.05, 3.63) is 217 Å². The van der Waals surface area contributed by atoms with Crippen molar-refractivity contribution >= 4 is 87.6 Å². The highest BCUT2D eigenvalue weighted by Crippen LogP contribution is 2.46. The first-order chi connectivity index (χ1) is 29.8. The van der Waals surface area contributed by atoms with Gasteiger partial charge in [-0.25, -0.2) is 4.99 Å². The highest BCUT2D eigenvalue weighted by atomic mass is 15.2. The lowest BCUT2D eigenvalue weighted by molar-refractivity contribution is 0.805. The average molecular weight is 765 g/mol. The Morgan fingerprint density at radius 1 is 0.450 bits per heavy atom. The molecule has 0 saturated heterocycles. The summed E-state index contributed by atoms with van der Waals surface area (Å²) in [6.45, 7) is 0. The Hall–Kier alpha value is -7.95. The standard InChI is InChI=1S/C56H36N4/c1-3-17-36(18-4-1)53-46-25-11-13-28-48(46)57-56(58-53)60-50-33-31-37(40-26-15-27-45-42-23-12-14-29-49(42)59(54(40)45)38-19-5-2-6-20-38)34-47(50)52-51-39-21-8-7-16-35(39)30-32-43(51)41-22-9-10-24-44(41)55(52)60/h1-34,48H,(H,57,58). The van der Waals surface area contributed by atoms with Gasteiger partial charge in [-0.1, -0.05) is 176 Å². The van der Waals surface area contributed by atoms with Crippen LogP contribution >= 0.6 is 0 Å². The van der Waals surface area contributed by atoms with E-state index in [0.29, 0.717) is 0 Å². The summed E-state index contributed by atoms with van der Waals surface area (Å²) in [6, 6.07) is 66.3. The monoisotopic (exact) mass is 764 g/mol. The van der Waals surface area contributed by atoms with Gasteiger partial charge in [0, 0.05) is 54.7 Å². The molecule has 0 saturated carbocycles. The number of rotatable bonds is 3. The zero-order chi connectivity index (χ0) is 39.3. The van der Waals surface area contributed by atoms with Gasteiger partial charge in [-0.3, -0.25) is 4.57 Å². The lowest BCUT2D eigenvalue weighted by Crippen LogP contribution is -2.42. The van der Waals surface area contributed by atoms with Crippen molar-refractivity contribution in [1.29, 1.82) is 0 Å². The van der Waals surface area contributed by atoms with Crippen LogP contribution in [0.5, 0.6) is 0 Å². The van der Waals surface area contributed by atoms with E-state index in [4.69, 9.17) is 4.99 Å². The Balaban J connectivity index is 1.19. The van der Waals surface area contributed by atoms with E-state index in [1.165, 1.54) is 81.6 Å². The number of hydrogen-bond donors (Lipinski definition) is 1. The maximum atomic E-state index is 5.58. The third kappa shape index (κ3) is 4.70. The lowest BCUT2D eigenvalue weighted by atomic mass is 9.92. The molecule has 3 heterocycles. The number of fused-ring (bicyclic) bond motifs is 14. The average Bonchev–Trinajstić information content (AvgIpc) is 3.85. The van der Waals surface area contributed by atoms with Crippen molar-refractivity contribution in [1.82, 2.24) is 14.5 Å². The molecule has 0 amide bonds. The molecular formula is C56H36N4. The summed E-state index contributed by atoms with van der Waals surface area (Å²) in [5.74, 6) is 0.811. The molecule has 1 aliphatic heterocycles. The number of para-hydroxylation sites is 3. The van der Waals surface area contributed by atoms with Crippen molar-refractivity contribution < 1.29 is 0 Å². The molecule has 1 unspecified atom stereocenters.